The molecule has 2 aromatic rings. The van der Waals surface area contributed by atoms with Crippen LogP contribution in [0.15, 0.2) is 36.4 Å². The van der Waals surface area contributed by atoms with Crippen LogP contribution in [0.2, 0.25) is 10.0 Å². The Kier molecular flexibility index (Phi) is 3.25. The van der Waals surface area contributed by atoms with Crippen LogP contribution in [0.4, 0.5) is 5.69 Å². The molecule has 0 fully saturated rings. The van der Waals surface area contributed by atoms with Gasteiger partial charge in [-0.05, 0) is 24.3 Å². The number of carbonyl (C=O) groups is 1. The van der Waals surface area contributed by atoms with Crippen LogP contribution in [-0.2, 0) is 0 Å². The van der Waals surface area contributed by atoms with Gasteiger partial charge in [0.1, 0.15) is 5.75 Å². The molecule has 1 heterocycles. The van der Waals surface area contributed by atoms with Gasteiger partial charge >= 0.3 is 0 Å². The summed E-state index contributed by atoms with van der Waals surface area (Å²) in [6, 6.07) is 10.5. The van der Waals surface area contributed by atoms with Crippen LogP contribution in [0.1, 0.15) is 22.0 Å². The summed E-state index contributed by atoms with van der Waals surface area (Å²) in [7, 11) is 0. The Morgan fingerprint density at radius 3 is 2.48 bits per heavy atom. The van der Waals surface area contributed by atoms with Crippen molar-refractivity contribution in [1.82, 2.24) is 0 Å². The number of fused-ring (bicyclic) bond motifs is 1. The molecular formula is C15H8Cl2N2O2. The molecule has 2 aromatic carbocycles. The average molecular weight is 319 g/mol. The quantitative estimate of drug-likeness (QED) is 0.866. The van der Waals surface area contributed by atoms with E-state index >= 15 is 0 Å². The summed E-state index contributed by atoms with van der Waals surface area (Å²) >= 11 is 12.2. The Morgan fingerprint density at radius 1 is 1.14 bits per heavy atom. The van der Waals surface area contributed by atoms with Crippen molar-refractivity contribution in [2.24, 2.45) is 0 Å². The van der Waals surface area contributed by atoms with E-state index in [-0.39, 0.29) is 22.0 Å². The maximum Gasteiger partial charge on any atom is 0.261 e. The van der Waals surface area contributed by atoms with Crippen LogP contribution in [0.25, 0.3) is 0 Å². The van der Waals surface area contributed by atoms with Crippen molar-refractivity contribution in [1.29, 1.82) is 5.26 Å². The number of hydrogen-bond acceptors (Lipinski definition) is 3. The molecule has 1 unspecified atom stereocenters. The summed E-state index contributed by atoms with van der Waals surface area (Å²) in [5.41, 5.74) is 0.830. The Labute approximate surface area is 130 Å². The molecule has 6 heteroatoms. The van der Waals surface area contributed by atoms with E-state index in [1.807, 2.05) is 6.07 Å². The summed E-state index contributed by atoms with van der Waals surface area (Å²) < 4.78 is 0. The van der Waals surface area contributed by atoms with E-state index in [9.17, 15) is 15.2 Å². The van der Waals surface area contributed by atoms with Gasteiger partial charge in [-0.15, -0.1) is 0 Å². The predicted octanol–water partition coefficient (Wildman–Crippen LogP) is 3.92. The normalized spacial score (nSPS) is 16.7. The third kappa shape index (κ3) is 1.94. The van der Waals surface area contributed by atoms with Gasteiger partial charge in [0.15, 0.2) is 6.04 Å². The van der Waals surface area contributed by atoms with Gasteiger partial charge in [-0.2, -0.15) is 5.26 Å². The van der Waals surface area contributed by atoms with Gasteiger partial charge < -0.3 is 5.11 Å². The SMILES string of the molecule is N#CC1c2c(Cl)ccc(Cl)c2C(=O)N1c1ccccc1O. The lowest BCUT2D eigenvalue weighted by molar-refractivity contribution is 0.0994. The summed E-state index contributed by atoms with van der Waals surface area (Å²) in [4.78, 5) is 13.8. The lowest BCUT2D eigenvalue weighted by atomic mass is 10.1. The van der Waals surface area contributed by atoms with E-state index in [1.165, 1.54) is 17.0 Å². The van der Waals surface area contributed by atoms with Gasteiger partial charge in [0.05, 0.1) is 22.3 Å². The van der Waals surface area contributed by atoms with Crippen molar-refractivity contribution in [3.05, 3.63) is 57.6 Å². The molecule has 104 valence electrons. The monoisotopic (exact) mass is 318 g/mol. The second kappa shape index (κ2) is 4.96. The van der Waals surface area contributed by atoms with Gasteiger partial charge in [-0.3, -0.25) is 9.69 Å². The second-order valence-corrected chi connectivity index (χ2v) is 5.33. The number of para-hydroxylation sites is 2. The van der Waals surface area contributed by atoms with Crippen LogP contribution >= 0.6 is 23.2 Å². The number of nitrogens with zero attached hydrogens (tertiary/aromatic N) is 2. The molecular weight excluding hydrogens is 311 g/mol. The highest BCUT2D eigenvalue weighted by atomic mass is 35.5. The second-order valence-electron chi connectivity index (χ2n) is 4.51. The van der Waals surface area contributed by atoms with Crippen molar-refractivity contribution in [2.75, 3.05) is 4.90 Å². The largest absolute Gasteiger partial charge is 0.506 e. The third-order valence-electron chi connectivity index (χ3n) is 3.37. The van der Waals surface area contributed by atoms with Crippen molar-refractivity contribution in [2.45, 2.75) is 6.04 Å². The Bertz CT molecular complexity index is 799. The van der Waals surface area contributed by atoms with Crippen molar-refractivity contribution in [3.63, 3.8) is 0 Å². The highest BCUT2D eigenvalue weighted by Gasteiger charge is 2.42. The molecule has 1 atom stereocenters. The Hall–Kier alpha value is -2.22. The number of nitriles is 1. The third-order valence-corrected chi connectivity index (χ3v) is 4.01. The lowest BCUT2D eigenvalue weighted by Gasteiger charge is -2.21. The zero-order chi connectivity index (χ0) is 15.1. The van der Waals surface area contributed by atoms with Gasteiger partial charge in [-0.25, -0.2) is 0 Å². The fourth-order valence-electron chi connectivity index (χ4n) is 2.46. The van der Waals surface area contributed by atoms with Crippen molar-refractivity contribution in [3.8, 4) is 11.8 Å². The average Bonchev–Trinajstić information content (AvgIpc) is 2.77. The fraction of sp³-hybridized carbons (Fsp3) is 0.0667. The summed E-state index contributed by atoms with van der Waals surface area (Å²) in [5.74, 6) is -0.545. The van der Waals surface area contributed by atoms with Crippen molar-refractivity contribution >= 4 is 34.8 Å². The minimum Gasteiger partial charge on any atom is -0.506 e. The molecule has 1 aliphatic rings. The van der Waals surface area contributed by atoms with E-state index in [2.05, 4.69) is 0 Å². The zero-order valence-corrected chi connectivity index (χ0v) is 12.1. The van der Waals surface area contributed by atoms with E-state index in [0.717, 1.165) is 0 Å². The van der Waals surface area contributed by atoms with Crippen LogP contribution < -0.4 is 4.90 Å². The molecule has 3 rings (SSSR count). The molecule has 1 aliphatic heterocycles. The Morgan fingerprint density at radius 2 is 1.81 bits per heavy atom. The maximum absolute atomic E-state index is 12.6. The topological polar surface area (TPSA) is 64.3 Å². The number of benzene rings is 2. The standard InChI is InChI=1S/C15H8Cl2N2O2/c16-8-5-6-9(17)14-13(8)11(7-18)19(15(14)21)10-3-1-2-4-12(10)20/h1-6,11,20H. The summed E-state index contributed by atoms with van der Waals surface area (Å²) in [6.45, 7) is 0. The number of anilines is 1. The first-order valence-corrected chi connectivity index (χ1v) is 6.81. The van der Waals surface area contributed by atoms with Gasteiger partial charge in [0, 0.05) is 10.6 Å². The predicted molar refractivity (Wildman–Crippen MR) is 79.7 cm³/mol. The molecule has 0 bridgehead atoms. The van der Waals surface area contributed by atoms with Gasteiger partial charge in [-0.1, -0.05) is 35.3 Å². The summed E-state index contributed by atoms with van der Waals surface area (Å²) in [6.07, 6.45) is 0. The van der Waals surface area contributed by atoms with Gasteiger partial charge in [0.2, 0.25) is 0 Å². The van der Waals surface area contributed by atoms with E-state index < -0.39 is 11.9 Å². The molecule has 21 heavy (non-hydrogen) atoms. The number of amides is 1. The first-order valence-electron chi connectivity index (χ1n) is 6.05. The molecule has 0 saturated heterocycles. The number of halogens is 2. The first kappa shape index (κ1) is 13.7. The summed E-state index contributed by atoms with van der Waals surface area (Å²) in [5, 5.41) is 19.9. The molecule has 0 radical (unpaired) electrons. The lowest BCUT2D eigenvalue weighted by Crippen LogP contribution is -2.27. The highest BCUT2D eigenvalue weighted by molar-refractivity contribution is 6.38. The maximum atomic E-state index is 12.6. The smallest absolute Gasteiger partial charge is 0.261 e. The minimum atomic E-state index is -0.924. The zero-order valence-electron chi connectivity index (χ0n) is 10.5. The minimum absolute atomic E-state index is 0.0915. The number of aromatic hydroxyl groups is 1. The molecule has 4 nitrogen and oxygen atoms in total. The van der Waals surface area contributed by atoms with Crippen LogP contribution in [0.3, 0.4) is 0 Å². The molecule has 1 amide bonds. The first-order chi connectivity index (χ1) is 10.1. The Balaban J connectivity index is 2.26. The molecule has 0 aromatic heterocycles. The van der Waals surface area contributed by atoms with E-state index in [1.54, 1.807) is 24.3 Å². The number of carbonyl (C=O) groups excluding carboxylic acids is 1. The number of hydrogen-bond donors (Lipinski definition) is 1. The van der Waals surface area contributed by atoms with Crippen LogP contribution in [0.5, 0.6) is 5.75 Å². The number of phenolic OH excluding ortho intramolecular Hbond substituents is 1. The molecule has 1 N–H and O–H groups in total. The van der Waals surface area contributed by atoms with Crippen LogP contribution in [-0.4, -0.2) is 11.0 Å². The molecule has 0 saturated carbocycles. The number of rotatable bonds is 1. The van der Waals surface area contributed by atoms with E-state index in [0.29, 0.717) is 10.6 Å². The fourth-order valence-corrected chi connectivity index (χ4v) is 2.96. The van der Waals surface area contributed by atoms with E-state index in [4.69, 9.17) is 23.2 Å². The van der Waals surface area contributed by atoms with Crippen LogP contribution in [0, 0.1) is 11.3 Å². The molecule has 0 spiro atoms. The number of phenols is 1. The highest BCUT2D eigenvalue weighted by Crippen LogP contribution is 2.45. The molecule has 0 aliphatic carbocycles. The van der Waals surface area contributed by atoms with Crippen molar-refractivity contribution < 1.29 is 9.90 Å². The van der Waals surface area contributed by atoms with Gasteiger partial charge in [0.25, 0.3) is 5.91 Å².